The van der Waals surface area contributed by atoms with E-state index < -0.39 is 0 Å². The van der Waals surface area contributed by atoms with Crippen LogP contribution in [0.5, 0.6) is 0 Å². The van der Waals surface area contributed by atoms with Crippen LogP contribution in [0.1, 0.15) is 35.7 Å². The predicted molar refractivity (Wildman–Crippen MR) is 104 cm³/mol. The normalized spacial score (nSPS) is 18.0. The summed E-state index contributed by atoms with van der Waals surface area (Å²) in [5.41, 5.74) is 5.17. The van der Waals surface area contributed by atoms with Crippen LogP contribution in [0.25, 0.3) is 0 Å². The third-order valence-corrected chi connectivity index (χ3v) is 5.37. The Morgan fingerprint density at radius 3 is 2.88 bits per heavy atom. The van der Waals surface area contributed by atoms with E-state index in [1.807, 2.05) is 24.6 Å². The van der Waals surface area contributed by atoms with Crippen molar-refractivity contribution in [3.05, 3.63) is 58.6 Å². The van der Waals surface area contributed by atoms with Gasteiger partial charge in [-0.1, -0.05) is 6.07 Å². The van der Waals surface area contributed by atoms with E-state index >= 15 is 0 Å². The standard InChI is InChI=1S/C19H22N6S/c1-14-4-2-6-21-18(14)24-19-17(20-7-8-22-19)15-5-3-9-25(10-15)11-16-12-26-13-23-16/h2,4,6-8,12-13,15H,3,5,9-11H2,1H3,(H,21,22,24)/t15-/m1/s1. The average Bonchev–Trinajstić information content (AvgIpc) is 3.17. The van der Waals surface area contributed by atoms with Crippen LogP contribution in [-0.2, 0) is 6.54 Å². The Kier molecular flexibility index (Phi) is 5.17. The number of hydrogen-bond donors (Lipinski definition) is 1. The van der Waals surface area contributed by atoms with Gasteiger partial charge in [0.25, 0.3) is 0 Å². The van der Waals surface area contributed by atoms with Gasteiger partial charge in [-0.3, -0.25) is 9.88 Å². The Morgan fingerprint density at radius 1 is 1.15 bits per heavy atom. The summed E-state index contributed by atoms with van der Waals surface area (Å²) in [6.45, 7) is 5.03. The number of nitrogens with one attached hydrogen (secondary N) is 1. The molecule has 0 spiro atoms. The van der Waals surface area contributed by atoms with Gasteiger partial charge in [0, 0.05) is 43.0 Å². The SMILES string of the molecule is Cc1cccnc1Nc1nccnc1[C@@H]1CCCN(Cc2cscn2)C1. The van der Waals surface area contributed by atoms with Gasteiger partial charge in [0.1, 0.15) is 5.82 Å². The number of nitrogens with zero attached hydrogens (tertiary/aromatic N) is 5. The monoisotopic (exact) mass is 366 g/mol. The fourth-order valence-electron chi connectivity index (χ4n) is 3.44. The summed E-state index contributed by atoms with van der Waals surface area (Å²) in [6.07, 6.45) is 7.60. The first-order valence-corrected chi connectivity index (χ1v) is 9.83. The highest BCUT2D eigenvalue weighted by Gasteiger charge is 2.25. The first-order valence-electron chi connectivity index (χ1n) is 8.88. The van der Waals surface area contributed by atoms with Crippen molar-refractivity contribution in [2.45, 2.75) is 32.2 Å². The molecule has 7 heteroatoms. The number of pyridine rings is 1. The van der Waals surface area contributed by atoms with Gasteiger partial charge in [-0.2, -0.15) is 0 Å². The second-order valence-electron chi connectivity index (χ2n) is 6.64. The quantitative estimate of drug-likeness (QED) is 0.742. The van der Waals surface area contributed by atoms with Crippen molar-refractivity contribution in [1.29, 1.82) is 0 Å². The van der Waals surface area contributed by atoms with Gasteiger partial charge < -0.3 is 5.32 Å². The summed E-state index contributed by atoms with van der Waals surface area (Å²) in [5, 5.41) is 5.51. The van der Waals surface area contributed by atoms with E-state index in [9.17, 15) is 0 Å². The summed E-state index contributed by atoms with van der Waals surface area (Å²) >= 11 is 1.65. The highest BCUT2D eigenvalue weighted by molar-refractivity contribution is 7.07. The minimum atomic E-state index is 0.364. The van der Waals surface area contributed by atoms with Gasteiger partial charge in [0.2, 0.25) is 0 Å². The van der Waals surface area contributed by atoms with Crippen LogP contribution in [0.2, 0.25) is 0 Å². The summed E-state index contributed by atoms with van der Waals surface area (Å²) in [4.78, 5) is 20.5. The lowest BCUT2D eigenvalue weighted by molar-refractivity contribution is 0.197. The molecule has 4 heterocycles. The lowest BCUT2D eigenvalue weighted by Gasteiger charge is -2.32. The van der Waals surface area contributed by atoms with Gasteiger partial charge in [-0.25, -0.2) is 15.0 Å². The minimum absolute atomic E-state index is 0.364. The maximum absolute atomic E-state index is 4.67. The molecule has 0 aromatic carbocycles. The van der Waals surface area contributed by atoms with Crippen molar-refractivity contribution in [3.63, 3.8) is 0 Å². The zero-order valence-corrected chi connectivity index (χ0v) is 15.6. The second kappa shape index (κ2) is 7.88. The van der Waals surface area contributed by atoms with E-state index in [1.165, 1.54) is 0 Å². The van der Waals surface area contributed by atoms with Crippen LogP contribution in [0.3, 0.4) is 0 Å². The molecular formula is C19H22N6S. The molecule has 1 atom stereocenters. The molecule has 0 bridgehead atoms. The molecule has 3 aromatic heterocycles. The molecular weight excluding hydrogens is 344 g/mol. The molecule has 4 rings (SSSR count). The van der Waals surface area contributed by atoms with Gasteiger partial charge >= 0.3 is 0 Å². The Morgan fingerprint density at radius 2 is 2.04 bits per heavy atom. The molecule has 0 radical (unpaired) electrons. The number of anilines is 2. The van der Waals surface area contributed by atoms with E-state index in [2.05, 4.69) is 35.5 Å². The average molecular weight is 366 g/mol. The van der Waals surface area contributed by atoms with Crippen LogP contribution in [0.15, 0.2) is 41.6 Å². The first kappa shape index (κ1) is 17.1. The summed E-state index contributed by atoms with van der Waals surface area (Å²) < 4.78 is 0. The Hall–Kier alpha value is -2.38. The molecule has 26 heavy (non-hydrogen) atoms. The molecule has 0 aliphatic carbocycles. The zero-order valence-electron chi connectivity index (χ0n) is 14.8. The zero-order chi connectivity index (χ0) is 17.8. The summed E-state index contributed by atoms with van der Waals surface area (Å²) in [6, 6.07) is 3.98. The highest BCUT2D eigenvalue weighted by atomic mass is 32.1. The van der Waals surface area contributed by atoms with E-state index in [1.54, 1.807) is 29.9 Å². The predicted octanol–water partition coefficient (Wildman–Crippen LogP) is 3.76. The number of likely N-dealkylation sites (tertiary alicyclic amines) is 1. The molecule has 3 aromatic rings. The maximum atomic E-state index is 4.67. The van der Waals surface area contributed by atoms with Gasteiger partial charge in [-0.15, -0.1) is 11.3 Å². The Bertz CT molecular complexity index is 851. The molecule has 1 aliphatic rings. The first-order chi connectivity index (χ1) is 12.8. The maximum Gasteiger partial charge on any atom is 0.153 e. The van der Waals surface area contributed by atoms with Gasteiger partial charge in [0.15, 0.2) is 5.82 Å². The van der Waals surface area contributed by atoms with Crippen molar-refractivity contribution < 1.29 is 0 Å². The fourth-order valence-corrected chi connectivity index (χ4v) is 3.99. The molecule has 1 fully saturated rings. The number of piperidine rings is 1. The summed E-state index contributed by atoms with van der Waals surface area (Å²) in [5.74, 6) is 2.02. The lowest BCUT2D eigenvalue weighted by atomic mass is 9.94. The minimum Gasteiger partial charge on any atom is -0.323 e. The topological polar surface area (TPSA) is 66.8 Å². The molecule has 1 saturated heterocycles. The van der Waals surface area contributed by atoms with Crippen molar-refractivity contribution in [2.75, 3.05) is 18.4 Å². The molecule has 1 aliphatic heterocycles. The fraction of sp³-hybridized carbons (Fsp3) is 0.368. The van der Waals surface area contributed by atoms with Crippen LogP contribution in [-0.4, -0.2) is 37.9 Å². The number of aromatic nitrogens is 4. The van der Waals surface area contributed by atoms with Crippen molar-refractivity contribution >= 4 is 23.0 Å². The van der Waals surface area contributed by atoms with Gasteiger partial charge in [0.05, 0.1) is 16.9 Å². The van der Waals surface area contributed by atoms with Crippen molar-refractivity contribution in [1.82, 2.24) is 24.8 Å². The highest BCUT2D eigenvalue weighted by Crippen LogP contribution is 2.31. The molecule has 0 unspecified atom stereocenters. The largest absolute Gasteiger partial charge is 0.323 e. The smallest absolute Gasteiger partial charge is 0.153 e. The van der Waals surface area contributed by atoms with Crippen molar-refractivity contribution in [2.24, 2.45) is 0 Å². The number of hydrogen-bond acceptors (Lipinski definition) is 7. The Balaban J connectivity index is 1.53. The second-order valence-corrected chi connectivity index (χ2v) is 7.36. The van der Waals surface area contributed by atoms with Crippen LogP contribution >= 0.6 is 11.3 Å². The third-order valence-electron chi connectivity index (χ3n) is 4.73. The Labute approximate surface area is 157 Å². The van der Waals surface area contributed by atoms with Crippen LogP contribution < -0.4 is 5.32 Å². The van der Waals surface area contributed by atoms with Crippen LogP contribution in [0.4, 0.5) is 11.6 Å². The lowest BCUT2D eigenvalue weighted by Crippen LogP contribution is -2.34. The van der Waals surface area contributed by atoms with E-state index in [-0.39, 0.29) is 0 Å². The van der Waals surface area contributed by atoms with Gasteiger partial charge in [-0.05, 0) is 37.9 Å². The summed E-state index contributed by atoms with van der Waals surface area (Å²) in [7, 11) is 0. The number of rotatable bonds is 5. The molecule has 0 amide bonds. The number of aryl methyl sites for hydroxylation is 1. The molecule has 1 N–H and O–H groups in total. The molecule has 0 saturated carbocycles. The molecule has 134 valence electrons. The van der Waals surface area contributed by atoms with E-state index in [4.69, 9.17) is 0 Å². The van der Waals surface area contributed by atoms with E-state index in [0.717, 1.165) is 61.1 Å². The third kappa shape index (κ3) is 3.89. The van der Waals surface area contributed by atoms with E-state index in [0.29, 0.717) is 5.92 Å². The number of thiazole rings is 1. The van der Waals surface area contributed by atoms with Crippen molar-refractivity contribution in [3.8, 4) is 0 Å². The molecule has 6 nitrogen and oxygen atoms in total. The van der Waals surface area contributed by atoms with Crippen LogP contribution in [0, 0.1) is 6.92 Å².